The molecule has 3 nitrogen and oxygen atoms in total. The van der Waals surface area contributed by atoms with Crippen LogP contribution in [0.5, 0.6) is 0 Å². The van der Waals surface area contributed by atoms with Gasteiger partial charge in [0.2, 0.25) is 0 Å². The van der Waals surface area contributed by atoms with Gasteiger partial charge in [0.1, 0.15) is 0 Å². The van der Waals surface area contributed by atoms with Crippen molar-refractivity contribution in [1.82, 2.24) is 0 Å². The van der Waals surface area contributed by atoms with Gasteiger partial charge in [0, 0.05) is 19.4 Å². The van der Waals surface area contributed by atoms with Gasteiger partial charge in [-0.15, -0.1) is 6.58 Å². The number of carbonyl (C=O) groups excluding carboxylic acids is 1. The maximum Gasteiger partial charge on any atom is 0.302 e. The largest absolute Gasteiger partial charge is 0.465 e. The molecule has 0 aliphatic rings. The fourth-order valence-corrected chi connectivity index (χ4v) is 0.816. The first kappa shape index (κ1) is 11.2. The summed E-state index contributed by atoms with van der Waals surface area (Å²) in [6.45, 7) is 5.30. The van der Waals surface area contributed by atoms with Crippen molar-refractivity contribution in [1.29, 1.82) is 0 Å². The first-order valence-electron chi connectivity index (χ1n) is 4.05. The third-order valence-corrected chi connectivity index (χ3v) is 1.56. The summed E-state index contributed by atoms with van der Waals surface area (Å²) in [6.07, 6.45) is 3.44. The van der Waals surface area contributed by atoms with E-state index in [4.69, 9.17) is 9.84 Å². The van der Waals surface area contributed by atoms with Crippen molar-refractivity contribution in [2.75, 3.05) is 13.2 Å². The number of esters is 1. The molecule has 0 rings (SSSR count). The molecule has 0 aliphatic carbocycles. The molecule has 0 aliphatic heterocycles. The van der Waals surface area contributed by atoms with Crippen molar-refractivity contribution < 1.29 is 14.6 Å². The molecule has 0 saturated heterocycles. The highest BCUT2D eigenvalue weighted by atomic mass is 16.5. The molecule has 3 heteroatoms. The predicted molar refractivity (Wildman–Crippen MR) is 46.6 cm³/mol. The van der Waals surface area contributed by atoms with E-state index in [0.29, 0.717) is 6.61 Å². The van der Waals surface area contributed by atoms with Gasteiger partial charge in [-0.3, -0.25) is 4.79 Å². The molecular formula is C9H16O3. The third kappa shape index (κ3) is 5.92. The predicted octanol–water partition coefficient (Wildman–Crippen LogP) is 1.12. The maximum atomic E-state index is 10.4. The lowest BCUT2D eigenvalue weighted by atomic mass is 10.1. The standard InChI is InChI=1S/C9H16O3/c1-3-4-5-9(6-10)7-12-8(2)11/h3,9-10H,1,4-7H2,2H3/t9-/m0/s1. The number of rotatable bonds is 6. The Morgan fingerprint density at radius 2 is 2.42 bits per heavy atom. The van der Waals surface area contributed by atoms with Crippen LogP contribution in [0.25, 0.3) is 0 Å². The molecule has 0 aromatic heterocycles. The Labute approximate surface area is 73.0 Å². The highest BCUT2D eigenvalue weighted by Crippen LogP contribution is 2.06. The molecule has 12 heavy (non-hydrogen) atoms. The minimum Gasteiger partial charge on any atom is -0.465 e. The van der Waals surface area contributed by atoms with Crippen LogP contribution in [0.4, 0.5) is 0 Å². The molecular weight excluding hydrogens is 156 g/mol. The lowest BCUT2D eigenvalue weighted by Gasteiger charge is -2.11. The Balaban J connectivity index is 3.52. The maximum absolute atomic E-state index is 10.4. The van der Waals surface area contributed by atoms with E-state index in [-0.39, 0.29) is 18.5 Å². The molecule has 1 atom stereocenters. The molecule has 0 spiro atoms. The highest BCUT2D eigenvalue weighted by Gasteiger charge is 2.07. The van der Waals surface area contributed by atoms with Crippen LogP contribution in [0.2, 0.25) is 0 Å². The van der Waals surface area contributed by atoms with Crippen molar-refractivity contribution in [3.63, 3.8) is 0 Å². The molecule has 0 unspecified atom stereocenters. The zero-order chi connectivity index (χ0) is 9.40. The molecule has 1 N–H and O–H groups in total. The van der Waals surface area contributed by atoms with Crippen LogP contribution in [-0.4, -0.2) is 24.3 Å². The van der Waals surface area contributed by atoms with Crippen LogP contribution in [-0.2, 0) is 9.53 Å². The highest BCUT2D eigenvalue weighted by molar-refractivity contribution is 5.65. The van der Waals surface area contributed by atoms with E-state index in [2.05, 4.69) is 6.58 Å². The van der Waals surface area contributed by atoms with E-state index >= 15 is 0 Å². The number of aliphatic hydroxyl groups excluding tert-OH is 1. The Morgan fingerprint density at radius 3 is 2.83 bits per heavy atom. The Hall–Kier alpha value is -0.830. The first-order chi connectivity index (χ1) is 5.70. The SMILES string of the molecule is C=CCC[C@@H](CO)COC(C)=O. The molecule has 70 valence electrons. The van der Waals surface area contributed by atoms with Gasteiger partial charge in [0.05, 0.1) is 6.61 Å². The molecule has 0 aromatic rings. The van der Waals surface area contributed by atoms with Crippen molar-refractivity contribution >= 4 is 5.97 Å². The number of allylic oxidation sites excluding steroid dienone is 1. The van der Waals surface area contributed by atoms with Gasteiger partial charge in [0.25, 0.3) is 0 Å². The van der Waals surface area contributed by atoms with Crippen LogP contribution in [0.3, 0.4) is 0 Å². The quantitative estimate of drug-likeness (QED) is 0.482. The number of hydrogen-bond donors (Lipinski definition) is 1. The smallest absolute Gasteiger partial charge is 0.302 e. The zero-order valence-electron chi connectivity index (χ0n) is 7.45. The Bertz CT molecular complexity index is 143. The van der Waals surface area contributed by atoms with Gasteiger partial charge in [-0.25, -0.2) is 0 Å². The van der Waals surface area contributed by atoms with E-state index in [9.17, 15) is 4.79 Å². The van der Waals surface area contributed by atoms with E-state index in [1.54, 1.807) is 6.08 Å². The summed E-state index contributed by atoms with van der Waals surface area (Å²) in [5.41, 5.74) is 0. The molecule has 0 bridgehead atoms. The summed E-state index contributed by atoms with van der Waals surface area (Å²) in [4.78, 5) is 10.4. The van der Waals surface area contributed by atoms with Gasteiger partial charge in [-0.1, -0.05) is 6.08 Å². The summed E-state index contributed by atoms with van der Waals surface area (Å²) < 4.78 is 4.76. The lowest BCUT2D eigenvalue weighted by Crippen LogP contribution is -2.15. The normalized spacial score (nSPS) is 12.2. The monoisotopic (exact) mass is 172 g/mol. The first-order valence-corrected chi connectivity index (χ1v) is 4.05. The molecule has 0 amide bonds. The van der Waals surface area contributed by atoms with Gasteiger partial charge < -0.3 is 9.84 Å². The Morgan fingerprint density at radius 1 is 1.75 bits per heavy atom. The summed E-state index contributed by atoms with van der Waals surface area (Å²) in [7, 11) is 0. The summed E-state index contributed by atoms with van der Waals surface area (Å²) in [5, 5.41) is 8.84. The minimum absolute atomic E-state index is 0.0481. The third-order valence-electron chi connectivity index (χ3n) is 1.56. The lowest BCUT2D eigenvalue weighted by molar-refractivity contribution is -0.142. The molecule has 0 heterocycles. The number of aliphatic hydroxyl groups is 1. The minimum atomic E-state index is -0.299. The van der Waals surface area contributed by atoms with Crippen LogP contribution in [0.15, 0.2) is 12.7 Å². The Kier molecular flexibility index (Phi) is 6.38. The van der Waals surface area contributed by atoms with Gasteiger partial charge >= 0.3 is 5.97 Å². The summed E-state index contributed by atoms with van der Waals surface area (Å²) in [6, 6.07) is 0. The van der Waals surface area contributed by atoms with E-state index in [0.717, 1.165) is 12.8 Å². The van der Waals surface area contributed by atoms with Crippen LogP contribution >= 0.6 is 0 Å². The van der Waals surface area contributed by atoms with Crippen molar-refractivity contribution in [3.05, 3.63) is 12.7 Å². The molecule has 0 fully saturated rings. The number of hydrogen-bond acceptors (Lipinski definition) is 3. The molecule has 0 aromatic carbocycles. The van der Waals surface area contributed by atoms with Gasteiger partial charge in [0.15, 0.2) is 0 Å². The average molecular weight is 172 g/mol. The molecule has 0 saturated carbocycles. The number of ether oxygens (including phenoxy) is 1. The average Bonchev–Trinajstić information content (AvgIpc) is 2.05. The van der Waals surface area contributed by atoms with Crippen LogP contribution in [0, 0.1) is 5.92 Å². The van der Waals surface area contributed by atoms with Gasteiger partial charge in [-0.05, 0) is 12.8 Å². The van der Waals surface area contributed by atoms with Crippen LogP contribution in [0.1, 0.15) is 19.8 Å². The number of carbonyl (C=O) groups is 1. The van der Waals surface area contributed by atoms with E-state index in [1.807, 2.05) is 0 Å². The van der Waals surface area contributed by atoms with E-state index < -0.39 is 0 Å². The second kappa shape index (κ2) is 6.85. The second-order valence-electron chi connectivity index (χ2n) is 2.72. The van der Waals surface area contributed by atoms with Crippen molar-refractivity contribution in [2.24, 2.45) is 5.92 Å². The second-order valence-corrected chi connectivity index (χ2v) is 2.72. The van der Waals surface area contributed by atoms with Crippen molar-refractivity contribution in [3.8, 4) is 0 Å². The fraction of sp³-hybridized carbons (Fsp3) is 0.667. The van der Waals surface area contributed by atoms with Gasteiger partial charge in [-0.2, -0.15) is 0 Å². The summed E-state index contributed by atoms with van der Waals surface area (Å²) in [5.74, 6) is -0.251. The summed E-state index contributed by atoms with van der Waals surface area (Å²) >= 11 is 0. The fourth-order valence-electron chi connectivity index (χ4n) is 0.816. The molecule has 0 radical (unpaired) electrons. The zero-order valence-corrected chi connectivity index (χ0v) is 7.45. The topological polar surface area (TPSA) is 46.5 Å². The van der Waals surface area contributed by atoms with Crippen molar-refractivity contribution in [2.45, 2.75) is 19.8 Å². The van der Waals surface area contributed by atoms with Crippen LogP contribution < -0.4 is 0 Å². The van der Waals surface area contributed by atoms with E-state index in [1.165, 1.54) is 6.92 Å².